The van der Waals surface area contributed by atoms with Crippen LogP contribution < -0.4 is 5.73 Å². The first-order valence-corrected chi connectivity index (χ1v) is 8.24. The Morgan fingerprint density at radius 3 is 2.50 bits per heavy atom. The smallest absolute Gasteiger partial charge is 0.227 e. The molecule has 2 unspecified atom stereocenters. The molecule has 0 bridgehead atoms. The van der Waals surface area contributed by atoms with Crippen LogP contribution in [0.1, 0.15) is 32.3 Å². The molecule has 0 saturated carbocycles. The number of hydrogen-bond donors (Lipinski definition) is 1. The Bertz CT molecular complexity index is 455. The van der Waals surface area contributed by atoms with Crippen molar-refractivity contribution in [3.63, 3.8) is 0 Å². The van der Waals surface area contributed by atoms with E-state index < -0.39 is 0 Å². The van der Waals surface area contributed by atoms with Gasteiger partial charge in [0.25, 0.3) is 0 Å². The molecule has 22 heavy (non-hydrogen) atoms. The molecule has 2 N–H and O–H groups in total. The molecular weight excluding hydrogens is 276 g/mol. The molecule has 0 aromatic heterocycles. The lowest BCUT2D eigenvalue weighted by molar-refractivity contribution is -0.137. The molecule has 1 aliphatic rings. The first kappa shape index (κ1) is 17.0. The van der Waals surface area contributed by atoms with E-state index in [-0.39, 0.29) is 17.9 Å². The topological polar surface area (TPSA) is 55.6 Å². The van der Waals surface area contributed by atoms with Crippen LogP contribution in [0.15, 0.2) is 30.3 Å². The predicted molar refractivity (Wildman–Crippen MR) is 88.2 cm³/mol. The van der Waals surface area contributed by atoms with Gasteiger partial charge in [-0.15, -0.1) is 0 Å². The Hall–Kier alpha value is -1.39. The Balaban J connectivity index is 2.07. The van der Waals surface area contributed by atoms with Crippen LogP contribution in [0.5, 0.6) is 0 Å². The molecule has 0 aliphatic carbocycles. The second-order valence-corrected chi connectivity index (χ2v) is 6.41. The molecule has 1 amide bonds. The van der Waals surface area contributed by atoms with E-state index >= 15 is 0 Å². The lowest BCUT2D eigenvalue weighted by Crippen LogP contribution is -2.44. The number of carbonyl (C=O) groups is 1. The molecule has 1 saturated heterocycles. The molecule has 1 fully saturated rings. The highest BCUT2D eigenvalue weighted by Crippen LogP contribution is 2.19. The van der Waals surface area contributed by atoms with Crippen LogP contribution in [0.4, 0.5) is 0 Å². The minimum Gasteiger partial charge on any atom is -0.381 e. The Kier molecular flexibility index (Phi) is 6.40. The van der Waals surface area contributed by atoms with Crippen LogP contribution in [-0.2, 0) is 16.1 Å². The lowest BCUT2D eigenvalue weighted by Gasteiger charge is -2.32. The van der Waals surface area contributed by atoms with E-state index in [4.69, 9.17) is 10.5 Å². The quantitative estimate of drug-likeness (QED) is 0.878. The summed E-state index contributed by atoms with van der Waals surface area (Å²) in [5.41, 5.74) is 7.10. The molecular formula is C18H28N2O2. The maximum atomic E-state index is 12.8. The molecule has 122 valence electrons. The normalized spacial score (nSPS) is 18.7. The van der Waals surface area contributed by atoms with Crippen molar-refractivity contribution in [3.05, 3.63) is 35.9 Å². The summed E-state index contributed by atoms with van der Waals surface area (Å²) in [6, 6.07) is 10.0. The van der Waals surface area contributed by atoms with E-state index in [0.29, 0.717) is 12.5 Å². The summed E-state index contributed by atoms with van der Waals surface area (Å²) >= 11 is 0. The molecule has 1 aromatic carbocycles. The van der Waals surface area contributed by atoms with Crippen LogP contribution in [0.3, 0.4) is 0 Å². The minimum atomic E-state index is -0.149. The van der Waals surface area contributed by atoms with Crippen LogP contribution >= 0.6 is 0 Å². The molecule has 4 heteroatoms. The Labute approximate surface area is 133 Å². The molecule has 1 heterocycles. The summed E-state index contributed by atoms with van der Waals surface area (Å²) in [5.74, 6) is 0.538. The fraction of sp³-hybridized carbons (Fsp3) is 0.611. The molecule has 0 spiro atoms. The van der Waals surface area contributed by atoms with Crippen molar-refractivity contribution in [3.8, 4) is 0 Å². The van der Waals surface area contributed by atoms with Crippen LogP contribution in [0.25, 0.3) is 0 Å². The van der Waals surface area contributed by atoms with Gasteiger partial charge in [-0.25, -0.2) is 0 Å². The highest BCUT2D eigenvalue weighted by atomic mass is 16.5. The average molecular weight is 304 g/mol. The maximum Gasteiger partial charge on any atom is 0.227 e. The van der Waals surface area contributed by atoms with Gasteiger partial charge in [0.2, 0.25) is 5.91 Å². The Morgan fingerprint density at radius 2 is 1.91 bits per heavy atom. The molecule has 2 rings (SSSR count). The van der Waals surface area contributed by atoms with Gasteiger partial charge < -0.3 is 15.4 Å². The van der Waals surface area contributed by atoms with Gasteiger partial charge in [0.15, 0.2) is 0 Å². The second-order valence-electron chi connectivity index (χ2n) is 6.41. The average Bonchev–Trinajstić information content (AvgIpc) is 2.54. The van der Waals surface area contributed by atoms with Gasteiger partial charge in [-0.1, -0.05) is 37.3 Å². The number of hydrogen-bond acceptors (Lipinski definition) is 3. The summed E-state index contributed by atoms with van der Waals surface area (Å²) in [7, 11) is 0. The SMILES string of the molecule is CC(N)C(C)C(=O)N(Cc1ccccc1)CC1CCOCC1. The number of ether oxygens (including phenoxy) is 1. The second kappa shape index (κ2) is 8.30. The molecule has 1 aromatic rings. The first-order valence-electron chi connectivity index (χ1n) is 8.24. The van der Waals surface area contributed by atoms with Crippen LogP contribution in [-0.4, -0.2) is 36.6 Å². The lowest BCUT2D eigenvalue weighted by atomic mass is 9.97. The third-order valence-electron chi connectivity index (χ3n) is 4.53. The van der Waals surface area contributed by atoms with E-state index in [1.54, 1.807) is 0 Å². The molecule has 4 nitrogen and oxygen atoms in total. The molecule has 1 aliphatic heterocycles. The Morgan fingerprint density at radius 1 is 1.27 bits per heavy atom. The van der Waals surface area contributed by atoms with Gasteiger partial charge in [-0.05, 0) is 31.2 Å². The van der Waals surface area contributed by atoms with Crippen molar-refractivity contribution >= 4 is 5.91 Å². The third-order valence-corrected chi connectivity index (χ3v) is 4.53. The minimum absolute atomic E-state index is 0.125. The number of rotatable bonds is 6. The number of amides is 1. The van der Waals surface area contributed by atoms with Gasteiger partial charge in [0.05, 0.1) is 5.92 Å². The zero-order chi connectivity index (χ0) is 15.9. The van der Waals surface area contributed by atoms with Gasteiger partial charge >= 0.3 is 0 Å². The fourth-order valence-electron chi connectivity index (χ4n) is 2.79. The third kappa shape index (κ3) is 4.82. The molecule has 2 atom stereocenters. The van der Waals surface area contributed by atoms with Crippen molar-refractivity contribution in [1.82, 2.24) is 4.90 Å². The van der Waals surface area contributed by atoms with Crippen LogP contribution in [0, 0.1) is 11.8 Å². The standard InChI is InChI=1S/C18H28N2O2/c1-14(15(2)19)18(21)20(12-16-6-4-3-5-7-16)13-17-8-10-22-11-9-17/h3-7,14-15,17H,8-13,19H2,1-2H3. The van der Waals surface area contributed by atoms with E-state index in [0.717, 1.165) is 32.6 Å². The largest absolute Gasteiger partial charge is 0.381 e. The van der Waals surface area contributed by atoms with Crippen molar-refractivity contribution in [2.45, 2.75) is 39.3 Å². The number of benzene rings is 1. The van der Waals surface area contributed by atoms with Crippen molar-refractivity contribution < 1.29 is 9.53 Å². The van der Waals surface area contributed by atoms with E-state index in [1.165, 1.54) is 5.56 Å². The van der Waals surface area contributed by atoms with Gasteiger partial charge in [0, 0.05) is 32.3 Å². The highest BCUT2D eigenvalue weighted by Gasteiger charge is 2.26. The number of nitrogens with two attached hydrogens (primary N) is 1. The summed E-state index contributed by atoms with van der Waals surface area (Å²) in [6.45, 7) is 6.90. The van der Waals surface area contributed by atoms with E-state index in [1.807, 2.05) is 36.9 Å². The predicted octanol–water partition coefficient (Wildman–Crippen LogP) is 2.43. The van der Waals surface area contributed by atoms with Crippen molar-refractivity contribution in [1.29, 1.82) is 0 Å². The summed E-state index contributed by atoms with van der Waals surface area (Å²) in [5, 5.41) is 0. The number of nitrogens with zero attached hydrogens (tertiary/aromatic N) is 1. The zero-order valence-electron chi connectivity index (χ0n) is 13.7. The highest BCUT2D eigenvalue weighted by molar-refractivity contribution is 5.79. The number of carbonyl (C=O) groups excluding carboxylic acids is 1. The van der Waals surface area contributed by atoms with E-state index in [2.05, 4.69) is 12.1 Å². The maximum absolute atomic E-state index is 12.8. The molecule has 0 radical (unpaired) electrons. The summed E-state index contributed by atoms with van der Waals surface area (Å²) < 4.78 is 5.42. The summed E-state index contributed by atoms with van der Waals surface area (Å²) in [6.07, 6.45) is 2.07. The summed E-state index contributed by atoms with van der Waals surface area (Å²) in [4.78, 5) is 14.8. The van der Waals surface area contributed by atoms with E-state index in [9.17, 15) is 4.79 Å². The fourth-order valence-corrected chi connectivity index (χ4v) is 2.79. The van der Waals surface area contributed by atoms with Gasteiger partial charge in [-0.2, -0.15) is 0 Å². The van der Waals surface area contributed by atoms with Gasteiger partial charge in [0.1, 0.15) is 0 Å². The van der Waals surface area contributed by atoms with Gasteiger partial charge in [-0.3, -0.25) is 4.79 Å². The zero-order valence-corrected chi connectivity index (χ0v) is 13.7. The van der Waals surface area contributed by atoms with Crippen LogP contribution in [0.2, 0.25) is 0 Å². The first-order chi connectivity index (χ1) is 10.6. The van der Waals surface area contributed by atoms with Crippen molar-refractivity contribution in [2.75, 3.05) is 19.8 Å². The van der Waals surface area contributed by atoms with Crippen molar-refractivity contribution in [2.24, 2.45) is 17.6 Å². The monoisotopic (exact) mass is 304 g/mol.